The highest BCUT2D eigenvalue weighted by molar-refractivity contribution is 6.06. The van der Waals surface area contributed by atoms with Gasteiger partial charge >= 0.3 is 0 Å². The number of fused-ring (bicyclic) bond motifs is 1. The molecular weight excluding hydrogens is 402 g/mol. The first kappa shape index (κ1) is 20.8. The molecule has 4 rings (SSSR count). The summed E-state index contributed by atoms with van der Waals surface area (Å²) in [7, 11) is 1.76. The van der Waals surface area contributed by atoms with Crippen LogP contribution in [0, 0.1) is 18.6 Å². The maximum absolute atomic E-state index is 14.3. The van der Waals surface area contributed by atoms with Crippen molar-refractivity contribution in [3.8, 4) is 0 Å². The minimum atomic E-state index is -0.484. The molecule has 2 aromatic carbocycles. The molecule has 2 N–H and O–H groups in total. The number of rotatable bonds is 4. The second-order valence-corrected chi connectivity index (χ2v) is 8.01. The average molecular weight is 426 g/mol. The Bertz CT molecular complexity index is 1130. The van der Waals surface area contributed by atoms with Crippen molar-refractivity contribution in [3.63, 3.8) is 0 Å². The van der Waals surface area contributed by atoms with E-state index in [9.17, 15) is 18.4 Å². The molecule has 2 amide bonds. The number of aryl methyl sites for hydroxylation is 1. The molecule has 1 aromatic heterocycles. The van der Waals surface area contributed by atoms with Crippen LogP contribution in [0.5, 0.6) is 0 Å². The first-order chi connectivity index (χ1) is 14.7. The van der Waals surface area contributed by atoms with E-state index in [-0.39, 0.29) is 17.6 Å². The fourth-order valence-corrected chi connectivity index (χ4v) is 4.02. The van der Waals surface area contributed by atoms with E-state index < -0.39 is 17.5 Å². The number of nitrogens with one attached hydrogen (secondary N) is 2. The van der Waals surface area contributed by atoms with Gasteiger partial charge in [-0.25, -0.2) is 8.78 Å². The van der Waals surface area contributed by atoms with E-state index in [0.29, 0.717) is 35.4 Å². The van der Waals surface area contributed by atoms with Crippen LogP contribution in [-0.2, 0) is 4.79 Å². The van der Waals surface area contributed by atoms with Gasteiger partial charge in [0.2, 0.25) is 5.91 Å². The number of benzene rings is 2. The molecule has 1 atom stereocenters. The van der Waals surface area contributed by atoms with Gasteiger partial charge in [-0.15, -0.1) is 0 Å². The van der Waals surface area contributed by atoms with Crippen LogP contribution in [0.1, 0.15) is 29.4 Å². The Hall–Kier alpha value is -3.42. The van der Waals surface area contributed by atoms with E-state index >= 15 is 0 Å². The number of hydrogen-bond acceptors (Lipinski definition) is 3. The molecule has 6 nitrogen and oxygen atoms in total. The van der Waals surface area contributed by atoms with E-state index in [4.69, 9.17) is 0 Å². The van der Waals surface area contributed by atoms with E-state index in [0.717, 1.165) is 12.0 Å². The lowest BCUT2D eigenvalue weighted by Crippen LogP contribution is -2.37. The topological polar surface area (TPSA) is 68.4 Å². The average Bonchev–Trinajstić information content (AvgIpc) is 3.38. The first-order valence-electron chi connectivity index (χ1n) is 10.1. The number of hydrogen-bond donors (Lipinski definition) is 2. The lowest BCUT2D eigenvalue weighted by atomic mass is 10.1. The Labute approximate surface area is 178 Å². The molecule has 0 bridgehead atoms. The summed E-state index contributed by atoms with van der Waals surface area (Å²) in [6.45, 7) is 4.62. The van der Waals surface area contributed by atoms with Crippen LogP contribution in [0.15, 0.2) is 36.4 Å². The minimum absolute atomic E-state index is 0.0101. The Balaban J connectivity index is 1.54. The summed E-state index contributed by atoms with van der Waals surface area (Å²) in [6.07, 6.45) is 0.786. The molecule has 2 heterocycles. The molecule has 8 heteroatoms. The molecule has 1 unspecified atom stereocenters. The van der Waals surface area contributed by atoms with Gasteiger partial charge in [-0.2, -0.15) is 0 Å². The van der Waals surface area contributed by atoms with Gasteiger partial charge in [-0.1, -0.05) is 6.07 Å². The van der Waals surface area contributed by atoms with Crippen LogP contribution >= 0.6 is 0 Å². The summed E-state index contributed by atoms with van der Waals surface area (Å²) in [5.41, 5.74) is 2.51. The third-order valence-electron chi connectivity index (χ3n) is 5.91. The molecule has 3 aromatic rings. The van der Waals surface area contributed by atoms with Gasteiger partial charge in [0.15, 0.2) is 0 Å². The van der Waals surface area contributed by atoms with Gasteiger partial charge in [-0.3, -0.25) is 9.59 Å². The number of H-pyrrole nitrogens is 1. The van der Waals surface area contributed by atoms with E-state index in [1.165, 1.54) is 31.2 Å². The number of aromatic nitrogens is 1. The highest BCUT2D eigenvalue weighted by Gasteiger charge is 2.27. The number of carbonyl (C=O) groups excluding carboxylic acids is 2. The zero-order chi connectivity index (χ0) is 22.3. The summed E-state index contributed by atoms with van der Waals surface area (Å²) in [6, 6.07) is 8.86. The van der Waals surface area contributed by atoms with Crippen molar-refractivity contribution in [2.45, 2.75) is 26.3 Å². The standard InChI is InChI=1S/C23H24F2N4O2/c1-13-4-5-20(25)19-11-21(27-22(13)19)23(31)26-16-8-15(24)9-18(10-16)29-7-6-17(12-29)28(3)14(2)30/h4-5,8-11,17,27H,6-7,12H2,1-3H3,(H,26,31). The van der Waals surface area contributed by atoms with Gasteiger partial charge in [0.05, 0.1) is 11.6 Å². The molecule has 162 valence electrons. The van der Waals surface area contributed by atoms with Crippen molar-refractivity contribution >= 4 is 34.1 Å². The van der Waals surface area contributed by atoms with Gasteiger partial charge in [0, 0.05) is 43.8 Å². The molecule has 31 heavy (non-hydrogen) atoms. The fourth-order valence-electron chi connectivity index (χ4n) is 4.02. The predicted octanol–water partition coefficient (Wildman–Crippen LogP) is 4.06. The van der Waals surface area contributed by atoms with E-state index in [1.54, 1.807) is 24.1 Å². The Kier molecular flexibility index (Phi) is 5.39. The SMILES string of the molecule is CC(=O)N(C)C1CCN(c2cc(F)cc(NC(=O)c3cc4c(F)ccc(C)c4[nH]3)c2)C1. The van der Waals surface area contributed by atoms with Crippen molar-refractivity contribution in [1.82, 2.24) is 9.88 Å². The Morgan fingerprint density at radius 2 is 1.97 bits per heavy atom. The fraction of sp³-hybridized carbons (Fsp3) is 0.304. The largest absolute Gasteiger partial charge is 0.369 e. The van der Waals surface area contributed by atoms with Crippen LogP contribution in [-0.4, -0.2) is 47.9 Å². The number of nitrogens with zero attached hydrogens (tertiary/aromatic N) is 2. The molecule has 1 fully saturated rings. The lowest BCUT2D eigenvalue weighted by Gasteiger charge is -2.24. The monoisotopic (exact) mass is 426 g/mol. The highest BCUT2D eigenvalue weighted by atomic mass is 19.1. The second kappa shape index (κ2) is 8.02. The molecule has 1 aliphatic rings. The van der Waals surface area contributed by atoms with Crippen LogP contribution < -0.4 is 10.2 Å². The van der Waals surface area contributed by atoms with Gasteiger partial charge in [0.1, 0.15) is 17.3 Å². The van der Waals surface area contributed by atoms with Crippen molar-refractivity contribution in [1.29, 1.82) is 0 Å². The summed E-state index contributed by atoms with van der Waals surface area (Å²) in [4.78, 5) is 31.0. The second-order valence-electron chi connectivity index (χ2n) is 8.01. The molecule has 0 saturated carbocycles. The van der Waals surface area contributed by atoms with Gasteiger partial charge in [0.25, 0.3) is 5.91 Å². The van der Waals surface area contributed by atoms with Crippen LogP contribution in [0.2, 0.25) is 0 Å². The number of amides is 2. The molecule has 0 radical (unpaired) electrons. The normalized spacial score (nSPS) is 16.0. The predicted molar refractivity (Wildman–Crippen MR) is 116 cm³/mol. The molecule has 0 aliphatic carbocycles. The number of carbonyl (C=O) groups is 2. The van der Waals surface area contributed by atoms with Crippen molar-refractivity contribution in [2.24, 2.45) is 0 Å². The van der Waals surface area contributed by atoms with Gasteiger partial charge < -0.3 is 20.1 Å². The molecule has 0 spiro atoms. The van der Waals surface area contributed by atoms with Crippen molar-refractivity contribution in [2.75, 3.05) is 30.4 Å². The maximum atomic E-state index is 14.3. The first-order valence-corrected chi connectivity index (χ1v) is 10.1. The van der Waals surface area contributed by atoms with Crippen molar-refractivity contribution < 1.29 is 18.4 Å². The lowest BCUT2D eigenvalue weighted by molar-refractivity contribution is -0.129. The maximum Gasteiger partial charge on any atom is 0.272 e. The highest BCUT2D eigenvalue weighted by Crippen LogP contribution is 2.28. The minimum Gasteiger partial charge on any atom is -0.369 e. The number of likely N-dealkylation sites (N-methyl/N-ethyl adjacent to an activating group) is 1. The van der Waals surface area contributed by atoms with Crippen molar-refractivity contribution in [3.05, 3.63) is 59.3 Å². The quantitative estimate of drug-likeness (QED) is 0.661. The Morgan fingerprint density at radius 3 is 2.68 bits per heavy atom. The van der Waals surface area contributed by atoms with Gasteiger partial charge in [-0.05, 0) is 49.2 Å². The smallest absolute Gasteiger partial charge is 0.272 e. The summed E-state index contributed by atoms with van der Waals surface area (Å²) in [5.74, 6) is -1.39. The molecule has 1 saturated heterocycles. The third kappa shape index (κ3) is 4.10. The number of halogens is 2. The molecule has 1 aliphatic heterocycles. The zero-order valence-electron chi connectivity index (χ0n) is 17.6. The van der Waals surface area contributed by atoms with Crippen LogP contribution in [0.3, 0.4) is 0 Å². The number of anilines is 2. The number of aromatic amines is 1. The summed E-state index contributed by atoms with van der Waals surface area (Å²) >= 11 is 0. The summed E-state index contributed by atoms with van der Waals surface area (Å²) in [5, 5.41) is 3.03. The molecular formula is C23H24F2N4O2. The zero-order valence-corrected chi connectivity index (χ0v) is 17.6. The van der Waals surface area contributed by atoms with E-state index in [1.807, 2.05) is 11.8 Å². The van der Waals surface area contributed by atoms with Crippen LogP contribution in [0.4, 0.5) is 20.2 Å². The van der Waals surface area contributed by atoms with Crippen LogP contribution in [0.25, 0.3) is 10.9 Å². The van der Waals surface area contributed by atoms with E-state index in [2.05, 4.69) is 10.3 Å². The summed E-state index contributed by atoms with van der Waals surface area (Å²) < 4.78 is 28.3. The Morgan fingerprint density at radius 1 is 1.19 bits per heavy atom. The third-order valence-corrected chi connectivity index (χ3v) is 5.91.